The molecular weight excluding hydrogens is 224 g/mol. The van der Waals surface area contributed by atoms with Crippen LogP contribution in [-0.4, -0.2) is 11.6 Å². The number of hydrogen-bond donors (Lipinski definition) is 0. The fraction of sp³-hybridized carbons (Fsp3) is 0.625. The van der Waals surface area contributed by atoms with E-state index in [1.165, 1.54) is 0 Å². The van der Waals surface area contributed by atoms with E-state index >= 15 is 0 Å². The molecule has 0 aromatic rings. The lowest BCUT2D eigenvalue weighted by Crippen LogP contribution is -2.27. The molecule has 2 aliphatic carbocycles. The molecule has 0 unspecified atom stereocenters. The van der Waals surface area contributed by atoms with E-state index in [1.54, 1.807) is 12.2 Å². The van der Waals surface area contributed by atoms with Crippen LogP contribution in [0.1, 0.15) is 53.4 Å². The number of hydrogen-bond acceptors (Lipinski definition) is 2. The van der Waals surface area contributed by atoms with Gasteiger partial charge in [0.05, 0.1) is 0 Å². The molecule has 2 heteroatoms. The van der Waals surface area contributed by atoms with Crippen molar-refractivity contribution < 1.29 is 9.59 Å². The van der Waals surface area contributed by atoms with Crippen molar-refractivity contribution in [2.75, 3.05) is 0 Å². The molecule has 0 fully saturated rings. The molecule has 0 aromatic heterocycles. The number of carbonyl (C=O) groups is 2. The smallest absolute Gasteiger partial charge is 0.156 e. The molecule has 0 amide bonds. The molecule has 0 radical (unpaired) electrons. The van der Waals surface area contributed by atoms with Gasteiger partial charge in [-0.1, -0.05) is 27.7 Å². The predicted octanol–water partition coefficient (Wildman–Crippen LogP) is 3.62. The Labute approximate surface area is 109 Å². The molecular formula is C16H22O2. The highest BCUT2D eigenvalue weighted by Gasteiger charge is 2.33. The summed E-state index contributed by atoms with van der Waals surface area (Å²) in [5, 5.41) is 0. The summed E-state index contributed by atoms with van der Waals surface area (Å²) in [6.45, 7) is 8.48. The third-order valence-electron chi connectivity index (χ3n) is 3.73. The summed E-state index contributed by atoms with van der Waals surface area (Å²) in [6.07, 6.45) is 6.53. The Hall–Kier alpha value is -1.18. The Morgan fingerprint density at radius 1 is 0.722 bits per heavy atom. The van der Waals surface area contributed by atoms with Crippen LogP contribution in [0.15, 0.2) is 23.3 Å². The van der Waals surface area contributed by atoms with Gasteiger partial charge >= 0.3 is 0 Å². The third kappa shape index (κ3) is 2.98. The van der Waals surface area contributed by atoms with Crippen LogP contribution >= 0.6 is 0 Å². The van der Waals surface area contributed by atoms with E-state index in [4.69, 9.17) is 0 Å². The fourth-order valence-corrected chi connectivity index (χ4v) is 3.10. The van der Waals surface area contributed by atoms with Crippen LogP contribution in [0.5, 0.6) is 0 Å². The van der Waals surface area contributed by atoms with E-state index in [0.717, 1.165) is 24.0 Å². The second kappa shape index (κ2) is 4.18. The van der Waals surface area contributed by atoms with Crippen molar-refractivity contribution in [1.82, 2.24) is 0 Å². The van der Waals surface area contributed by atoms with Gasteiger partial charge in [-0.3, -0.25) is 9.59 Å². The Morgan fingerprint density at radius 3 is 1.33 bits per heavy atom. The van der Waals surface area contributed by atoms with Crippen molar-refractivity contribution in [3.05, 3.63) is 23.3 Å². The average Bonchev–Trinajstić information content (AvgIpc) is 2.10. The van der Waals surface area contributed by atoms with Gasteiger partial charge in [0.1, 0.15) is 0 Å². The van der Waals surface area contributed by atoms with Crippen molar-refractivity contribution in [2.45, 2.75) is 53.4 Å². The second-order valence-corrected chi connectivity index (χ2v) is 7.31. The third-order valence-corrected chi connectivity index (χ3v) is 3.73. The normalized spacial score (nSPS) is 26.7. The molecule has 2 nitrogen and oxygen atoms in total. The molecule has 18 heavy (non-hydrogen) atoms. The largest absolute Gasteiger partial charge is 0.295 e. The number of rotatable bonds is 1. The van der Waals surface area contributed by atoms with E-state index in [1.807, 2.05) is 0 Å². The zero-order valence-corrected chi connectivity index (χ0v) is 11.8. The molecule has 0 atom stereocenters. The van der Waals surface area contributed by atoms with Crippen LogP contribution in [0.3, 0.4) is 0 Å². The lowest BCUT2D eigenvalue weighted by Gasteiger charge is -2.34. The van der Waals surface area contributed by atoms with E-state index in [9.17, 15) is 9.59 Å². The number of allylic oxidation sites excluding steroid dienone is 4. The summed E-state index contributed by atoms with van der Waals surface area (Å²) >= 11 is 0. The van der Waals surface area contributed by atoms with E-state index in [2.05, 4.69) is 27.7 Å². The van der Waals surface area contributed by atoms with Crippen LogP contribution in [0.25, 0.3) is 0 Å². The Morgan fingerprint density at radius 2 is 1.06 bits per heavy atom. The monoisotopic (exact) mass is 246 g/mol. The lowest BCUT2D eigenvalue weighted by molar-refractivity contribution is -0.118. The Kier molecular flexibility index (Phi) is 3.08. The first-order valence-electron chi connectivity index (χ1n) is 6.64. The first-order valence-corrected chi connectivity index (χ1v) is 6.64. The van der Waals surface area contributed by atoms with Crippen LogP contribution < -0.4 is 0 Å². The van der Waals surface area contributed by atoms with E-state index < -0.39 is 0 Å². The van der Waals surface area contributed by atoms with Crippen molar-refractivity contribution >= 4 is 11.6 Å². The molecule has 0 aromatic carbocycles. The second-order valence-electron chi connectivity index (χ2n) is 7.31. The lowest BCUT2D eigenvalue weighted by atomic mass is 9.69. The van der Waals surface area contributed by atoms with Crippen LogP contribution in [0.4, 0.5) is 0 Å². The highest BCUT2D eigenvalue weighted by Crippen LogP contribution is 2.42. The minimum absolute atomic E-state index is 0.0205. The molecule has 2 aliphatic rings. The molecule has 0 heterocycles. The van der Waals surface area contributed by atoms with E-state index in [-0.39, 0.29) is 22.4 Å². The maximum absolute atomic E-state index is 11.8. The minimum Gasteiger partial charge on any atom is -0.295 e. The standard InChI is InChI=1S/C16H22O2/c1-15(2)7-11(5-13(17)9-15)12-6-14(18)10-16(3,4)8-12/h5-6H,7-10H2,1-4H3. The summed E-state index contributed by atoms with van der Waals surface area (Å²) in [4.78, 5) is 23.6. The molecule has 0 saturated carbocycles. The van der Waals surface area contributed by atoms with Crippen molar-refractivity contribution in [2.24, 2.45) is 10.8 Å². The quantitative estimate of drug-likeness (QED) is 0.708. The summed E-state index contributed by atoms with van der Waals surface area (Å²) in [5.41, 5.74) is 2.20. The van der Waals surface area contributed by atoms with Gasteiger partial charge in [0.15, 0.2) is 11.6 Å². The number of carbonyl (C=O) groups excluding carboxylic acids is 2. The molecule has 0 spiro atoms. The highest BCUT2D eigenvalue weighted by atomic mass is 16.1. The van der Waals surface area contributed by atoms with E-state index in [0.29, 0.717) is 12.8 Å². The summed E-state index contributed by atoms with van der Waals surface area (Å²) in [6, 6.07) is 0. The zero-order valence-electron chi connectivity index (χ0n) is 11.8. The van der Waals surface area contributed by atoms with Gasteiger partial charge in [-0.05, 0) is 47.0 Å². The zero-order chi connectivity index (χ0) is 13.6. The maximum atomic E-state index is 11.8. The molecule has 0 saturated heterocycles. The van der Waals surface area contributed by atoms with Gasteiger partial charge in [0.2, 0.25) is 0 Å². The van der Waals surface area contributed by atoms with Gasteiger partial charge in [0.25, 0.3) is 0 Å². The van der Waals surface area contributed by atoms with Crippen molar-refractivity contribution in [1.29, 1.82) is 0 Å². The van der Waals surface area contributed by atoms with Crippen molar-refractivity contribution in [3.63, 3.8) is 0 Å². The molecule has 98 valence electrons. The minimum atomic E-state index is 0.0205. The van der Waals surface area contributed by atoms with Crippen LogP contribution in [0.2, 0.25) is 0 Å². The maximum Gasteiger partial charge on any atom is 0.156 e. The van der Waals surface area contributed by atoms with Crippen LogP contribution in [0, 0.1) is 10.8 Å². The molecule has 0 N–H and O–H groups in total. The first-order chi connectivity index (χ1) is 8.17. The van der Waals surface area contributed by atoms with Gasteiger partial charge in [-0.15, -0.1) is 0 Å². The highest BCUT2D eigenvalue weighted by molar-refractivity contribution is 5.95. The number of ketones is 2. The van der Waals surface area contributed by atoms with Crippen LogP contribution in [-0.2, 0) is 9.59 Å². The summed E-state index contributed by atoms with van der Waals surface area (Å²) < 4.78 is 0. The first kappa shape index (κ1) is 13.3. The SMILES string of the molecule is CC1(C)CC(=O)C=C(C2=CC(=O)CC(C)(C)C2)C1. The van der Waals surface area contributed by atoms with Gasteiger partial charge in [-0.2, -0.15) is 0 Å². The topological polar surface area (TPSA) is 34.1 Å². The Balaban J connectivity index is 2.32. The molecule has 0 aliphatic heterocycles. The fourth-order valence-electron chi connectivity index (χ4n) is 3.10. The van der Waals surface area contributed by atoms with Crippen molar-refractivity contribution in [3.8, 4) is 0 Å². The molecule has 0 bridgehead atoms. The van der Waals surface area contributed by atoms with Gasteiger partial charge in [-0.25, -0.2) is 0 Å². The predicted molar refractivity (Wildman–Crippen MR) is 72.2 cm³/mol. The average molecular weight is 246 g/mol. The summed E-state index contributed by atoms with van der Waals surface area (Å²) in [5.74, 6) is 0.385. The summed E-state index contributed by atoms with van der Waals surface area (Å²) in [7, 11) is 0. The van der Waals surface area contributed by atoms with Gasteiger partial charge in [0, 0.05) is 12.8 Å². The Bertz CT molecular complexity index is 417. The molecule has 2 rings (SSSR count). The van der Waals surface area contributed by atoms with Gasteiger partial charge < -0.3 is 0 Å².